The van der Waals surface area contributed by atoms with Crippen LogP contribution in [0.5, 0.6) is 0 Å². The number of rotatable bonds is 8. The second-order valence-corrected chi connectivity index (χ2v) is 10.5. The Hall–Kier alpha value is -2.03. The number of amides is 1. The van der Waals surface area contributed by atoms with Crippen molar-refractivity contribution in [2.45, 2.75) is 37.5 Å². The van der Waals surface area contributed by atoms with Crippen LogP contribution in [0.1, 0.15) is 40.2 Å². The van der Waals surface area contributed by atoms with E-state index in [1.807, 2.05) is 13.0 Å². The lowest BCUT2D eigenvalue weighted by atomic mass is 9.98. The van der Waals surface area contributed by atoms with Gasteiger partial charge in [0.2, 0.25) is 15.9 Å². The van der Waals surface area contributed by atoms with Gasteiger partial charge >= 0.3 is 0 Å². The summed E-state index contributed by atoms with van der Waals surface area (Å²) in [6, 6.07) is 12.2. The summed E-state index contributed by atoms with van der Waals surface area (Å²) in [4.78, 5) is 26.2. The molecule has 2 heterocycles. The summed E-state index contributed by atoms with van der Waals surface area (Å²) in [5.74, 6) is 0.112. The van der Waals surface area contributed by atoms with Gasteiger partial charge < -0.3 is 5.32 Å². The van der Waals surface area contributed by atoms with E-state index in [2.05, 4.69) is 5.32 Å². The summed E-state index contributed by atoms with van der Waals surface area (Å²) in [6.45, 7) is 3.37. The number of ketones is 1. The predicted molar refractivity (Wildman–Crippen MR) is 114 cm³/mol. The zero-order valence-corrected chi connectivity index (χ0v) is 18.1. The molecule has 29 heavy (non-hydrogen) atoms. The highest BCUT2D eigenvalue weighted by molar-refractivity contribution is 7.89. The summed E-state index contributed by atoms with van der Waals surface area (Å²) in [5.41, 5.74) is 0. The lowest BCUT2D eigenvalue weighted by molar-refractivity contribution is -0.121. The highest BCUT2D eigenvalue weighted by Gasteiger charge is 2.29. The summed E-state index contributed by atoms with van der Waals surface area (Å²) in [7, 11) is -3.45. The lowest BCUT2D eigenvalue weighted by Gasteiger charge is -2.31. The van der Waals surface area contributed by atoms with Gasteiger partial charge in [-0.2, -0.15) is 4.31 Å². The van der Waals surface area contributed by atoms with Gasteiger partial charge in [-0.1, -0.05) is 18.2 Å². The van der Waals surface area contributed by atoms with Crippen LogP contribution in [-0.2, 0) is 14.8 Å². The molecule has 0 saturated carbocycles. The molecule has 1 amide bonds. The summed E-state index contributed by atoms with van der Waals surface area (Å²) < 4.78 is 26.8. The molecule has 6 nitrogen and oxygen atoms in total. The third kappa shape index (κ3) is 5.74. The van der Waals surface area contributed by atoms with Gasteiger partial charge in [0, 0.05) is 37.4 Å². The van der Waals surface area contributed by atoms with Gasteiger partial charge in [0.05, 0.1) is 9.77 Å². The van der Waals surface area contributed by atoms with E-state index >= 15 is 0 Å². The smallest absolute Gasteiger partial charge is 0.243 e. The number of hydrogen-bond acceptors (Lipinski definition) is 5. The van der Waals surface area contributed by atoms with Crippen molar-refractivity contribution in [2.24, 2.45) is 5.92 Å². The van der Waals surface area contributed by atoms with Crippen molar-refractivity contribution in [1.29, 1.82) is 0 Å². The first-order chi connectivity index (χ1) is 13.9. The minimum Gasteiger partial charge on any atom is -0.356 e. The predicted octanol–water partition coefficient (Wildman–Crippen LogP) is 3.24. The van der Waals surface area contributed by atoms with Crippen molar-refractivity contribution in [1.82, 2.24) is 9.62 Å². The largest absolute Gasteiger partial charge is 0.356 e. The minimum absolute atomic E-state index is 0.00215. The third-order valence-corrected chi connectivity index (χ3v) is 8.09. The lowest BCUT2D eigenvalue weighted by Crippen LogP contribution is -2.41. The SMILES string of the molecule is Cc1ccc(C(=O)CCC(=O)NCC2CCN(S(=O)(=O)c3ccccc3)CC2)s1. The molecule has 0 unspecified atom stereocenters. The molecule has 3 rings (SSSR count). The molecule has 156 valence electrons. The van der Waals surface area contributed by atoms with Gasteiger partial charge in [-0.15, -0.1) is 11.3 Å². The van der Waals surface area contributed by atoms with Crippen LogP contribution in [0.2, 0.25) is 0 Å². The molecule has 2 aromatic rings. The number of carbonyl (C=O) groups is 2. The molecule has 1 aliphatic rings. The van der Waals surface area contributed by atoms with Crippen LogP contribution in [0, 0.1) is 12.8 Å². The Balaban J connectivity index is 1.39. The zero-order valence-electron chi connectivity index (χ0n) is 16.5. The van der Waals surface area contributed by atoms with Crippen LogP contribution in [-0.4, -0.2) is 44.0 Å². The molecule has 0 atom stereocenters. The highest BCUT2D eigenvalue weighted by Crippen LogP contribution is 2.23. The van der Waals surface area contributed by atoms with E-state index < -0.39 is 10.0 Å². The first-order valence-electron chi connectivity index (χ1n) is 9.78. The van der Waals surface area contributed by atoms with E-state index in [0.29, 0.717) is 42.2 Å². The number of sulfonamides is 1. The average molecular weight is 435 g/mol. The Morgan fingerprint density at radius 2 is 1.76 bits per heavy atom. The van der Waals surface area contributed by atoms with Crippen molar-refractivity contribution in [3.63, 3.8) is 0 Å². The molecule has 1 fully saturated rings. The number of aryl methyl sites for hydroxylation is 1. The van der Waals surface area contributed by atoms with Crippen molar-refractivity contribution in [2.75, 3.05) is 19.6 Å². The maximum atomic E-state index is 12.7. The Bertz CT molecular complexity index is 946. The van der Waals surface area contributed by atoms with Gasteiger partial charge in [0.15, 0.2) is 5.78 Å². The van der Waals surface area contributed by atoms with Crippen LogP contribution in [0.4, 0.5) is 0 Å². The van der Waals surface area contributed by atoms with E-state index in [9.17, 15) is 18.0 Å². The molecule has 1 aliphatic heterocycles. The Morgan fingerprint density at radius 3 is 2.38 bits per heavy atom. The highest BCUT2D eigenvalue weighted by atomic mass is 32.2. The standard InChI is InChI=1S/C21H26N2O4S2/c1-16-7-9-20(28-16)19(24)8-10-21(25)22-15-17-11-13-23(14-12-17)29(26,27)18-5-3-2-4-6-18/h2-7,9,17H,8,10-15H2,1H3,(H,22,25). The van der Waals surface area contributed by atoms with E-state index in [1.165, 1.54) is 15.6 Å². The Labute approximate surface area is 176 Å². The van der Waals surface area contributed by atoms with Gasteiger partial charge in [-0.25, -0.2) is 8.42 Å². The summed E-state index contributed by atoms with van der Waals surface area (Å²) in [6.07, 6.45) is 1.80. The number of nitrogens with one attached hydrogen (secondary N) is 1. The topological polar surface area (TPSA) is 83.6 Å². The van der Waals surface area contributed by atoms with Crippen molar-refractivity contribution < 1.29 is 18.0 Å². The minimum atomic E-state index is -3.45. The van der Waals surface area contributed by atoms with Crippen LogP contribution in [0.25, 0.3) is 0 Å². The number of benzene rings is 1. The van der Waals surface area contributed by atoms with Gasteiger partial charge in [-0.05, 0) is 49.9 Å². The molecule has 0 aliphatic carbocycles. The molecule has 0 bridgehead atoms. The molecule has 1 N–H and O–H groups in total. The summed E-state index contributed by atoms with van der Waals surface area (Å²) in [5, 5.41) is 2.89. The molecule has 1 aromatic carbocycles. The quantitative estimate of drug-likeness (QED) is 0.647. The zero-order chi connectivity index (χ0) is 20.9. The van der Waals surface area contributed by atoms with E-state index in [0.717, 1.165) is 4.88 Å². The van der Waals surface area contributed by atoms with Gasteiger partial charge in [0.1, 0.15) is 0 Å². The molecular formula is C21H26N2O4S2. The van der Waals surface area contributed by atoms with Crippen LogP contribution in [0.15, 0.2) is 47.4 Å². The van der Waals surface area contributed by atoms with Gasteiger partial charge in [-0.3, -0.25) is 9.59 Å². The number of hydrogen-bond donors (Lipinski definition) is 1. The average Bonchev–Trinajstić information content (AvgIpc) is 3.18. The number of piperidine rings is 1. The van der Waals surface area contributed by atoms with Crippen molar-refractivity contribution >= 4 is 33.1 Å². The Morgan fingerprint density at radius 1 is 1.07 bits per heavy atom. The molecule has 0 spiro atoms. The van der Waals surface area contributed by atoms with E-state index in [4.69, 9.17) is 0 Å². The first kappa shape index (κ1) is 21.7. The third-order valence-electron chi connectivity index (χ3n) is 5.14. The first-order valence-corrected chi connectivity index (χ1v) is 12.0. The van der Waals surface area contributed by atoms with Crippen LogP contribution in [0.3, 0.4) is 0 Å². The normalized spacial score (nSPS) is 15.9. The second-order valence-electron chi connectivity index (χ2n) is 7.30. The van der Waals surface area contributed by atoms with Crippen LogP contribution < -0.4 is 5.32 Å². The number of nitrogens with zero attached hydrogens (tertiary/aromatic N) is 1. The maximum Gasteiger partial charge on any atom is 0.243 e. The Kier molecular flexibility index (Phi) is 7.21. The van der Waals surface area contributed by atoms with Crippen LogP contribution >= 0.6 is 11.3 Å². The number of thiophene rings is 1. The fourth-order valence-corrected chi connectivity index (χ4v) is 5.70. The molecule has 0 radical (unpaired) electrons. The fraction of sp³-hybridized carbons (Fsp3) is 0.429. The molecular weight excluding hydrogens is 408 g/mol. The molecule has 1 saturated heterocycles. The van der Waals surface area contributed by atoms with E-state index in [-0.39, 0.29) is 30.4 Å². The van der Waals surface area contributed by atoms with E-state index in [1.54, 1.807) is 36.4 Å². The monoisotopic (exact) mass is 434 g/mol. The fourth-order valence-electron chi connectivity index (χ4n) is 3.38. The van der Waals surface area contributed by atoms with Crippen molar-refractivity contribution in [3.8, 4) is 0 Å². The summed E-state index contributed by atoms with van der Waals surface area (Å²) >= 11 is 1.45. The number of carbonyl (C=O) groups excluding carboxylic acids is 2. The molecule has 1 aromatic heterocycles. The second kappa shape index (κ2) is 9.65. The molecule has 8 heteroatoms. The number of Topliss-reactive ketones (excluding diaryl/α,β-unsaturated/α-hetero) is 1. The van der Waals surface area contributed by atoms with Crippen molar-refractivity contribution in [3.05, 3.63) is 52.2 Å². The van der Waals surface area contributed by atoms with Gasteiger partial charge in [0.25, 0.3) is 0 Å². The maximum absolute atomic E-state index is 12.7.